The Kier molecular flexibility index (Phi) is 5.97. The molecule has 0 aliphatic heterocycles. The van der Waals surface area contributed by atoms with Gasteiger partial charge >= 0.3 is 5.63 Å². The number of hydrogen-bond acceptors (Lipinski definition) is 5. The lowest BCUT2D eigenvalue weighted by molar-refractivity contribution is -0.127. The van der Waals surface area contributed by atoms with Crippen LogP contribution in [0.15, 0.2) is 33.5 Å². The summed E-state index contributed by atoms with van der Waals surface area (Å²) < 4.78 is 10.8. The number of nitrogens with one attached hydrogen (secondary N) is 3. The second kappa shape index (κ2) is 7.98. The molecule has 0 saturated carbocycles. The van der Waals surface area contributed by atoms with Crippen LogP contribution in [-0.4, -0.2) is 23.2 Å². The van der Waals surface area contributed by atoms with Crippen molar-refractivity contribution in [3.63, 3.8) is 0 Å². The number of aryl methyl sites for hydroxylation is 1. The van der Waals surface area contributed by atoms with Crippen LogP contribution in [0.1, 0.15) is 26.3 Å². The van der Waals surface area contributed by atoms with Gasteiger partial charge in [0.15, 0.2) is 11.2 Å². The predicted molar refractivity (Wildman–Crippen MR) is 99.5 cm³/mol. The molecular weight excluding hydrogens is 342 g/mol. The van der Waals surface area contributed by atoms with Crippen molar-refractivity contribution in [1.29, 1.82) is 0 Å². The molecule has 25 heavy (non-hydrogen) atoms. The molecule has 1 heterocycles. The predicted octanol–water partition coefficient (Wildman–Crippen LogP) is 1.77. The number of thiocarbonyl (C=S) groups is 1. The van der Waals surface area contributed by atoms with Crippen LogP contribution in [0.4, 0.5) is 0 Å². The molecule has 1 atom stereocenters. The third kappa shape index (κ3) is 5.18. The Morgan fingerprint density at radius 3 is 2.60 bits per heavy atom. The first kappa shape index (κ1) is 18.7. The van der Waals surface area contributed by atoms with Gasteiger partial charge in [-0.2, -0.15) is 0 Å². The van der Waals surface area contributed by atoms with Crippen LogP contribution < -0.4 is 26.5 Å². The number of carbonyl (C=O) groups excluding carboxylic acids is 1. The molecule has 2 rings (SSSR count). The fourth-order valence-corrected chi connectivity index (χ4v) is 2.44. The minimum Gasteiger partial charge on any atom is -0.481 e. The minimum atomic E-state index is -0.775. The maximum Gasteiger partial charge on any atom is 0.336 e. The van der Waals surface area contributed by atoms with E-state index >= 15 is 0 Å². The van der Waals surface area contributed by atoms with Gasteiger partial charge in [0.05, 0.1) is 0 Å². The van der Waals surface area contributed by atoms with E-state index < -0.39 is 17.6 Å². The van der Waals surface area contributed by atoms with Crippen LogP contribution in [-0.2, 0) is 4.79 Å². The molecule has 0 fully saturated rings. The number of ether oxygens (including phenoxy) is 1. The van der Waals surface area contributed by atoms with Crippen LogP contribution >= 0.6 is 12.2 Å². The lowest BCUT2D eigenvalue weighted by Crippen LogP contribution is -2.51. The number of fused-ring (bicyclic) bond motifs is 1. The second-order valence-electron chi connectivity index (χ2n) is 5.91. The molecule has 1 aromatic carbocycles. The van der Waals surface area contributed by atoms with E-state index in [1.165, 1.54) is 6.07 Å². The average Bonchev–Trinajstić information content (AvgIpc) is 2.51. The van der Waals surface area contributed by atoms with Gasteiger partial charge in [0, 0.05) is 23.6 Å². The highest BCUT2D eigenvalue weighted by Gasteiger charge is 2.15. The summed E-state index contributed by atoms with van der Waals surface area (Å²) in [5.41, 5.74) is 5.88. The Morgan fingerprint density at radius 1 is 1.20 bits per heavy atom. The summed E-state index contributed by atoms with van der Waals surface area (Å²) in [5.74, 6) is 0.0329. The first-order valence-electron chi connectivity index (χ1n) is 7.84. The topological polar surface area (TPSA) is 92.6 Å². The molecule has 0 spiro atoms. The molecule has 0 aliphatic carbocycles. The van der Waals surface area contributed by atoms with Crippen molar-refractivity contribution in [2.24, 2.45) is 0 Å². The van der Waals surface area contributed by atoms with E-state index in [0.29, 0.717) is 16.4 Å². The van der Waals surface area contributed by atoms with Crippen molar-refractivity contribution in [1.82, 2.24) is 16.2 Å². The first-order valence-corrected chi connectivity index (χ1v) is 8.24. The molecule has 3 N–H and O–H groups in total. The van der Waals surface area contributed by atoms with E-state index in [9.17, 15) is 9.59 Å². The number of rotatable bonds is 4. The van der Waals surface area contributed by atoms with Gasteiger partial charge in [-0.3, -0.25) is 15.6 Å². The minimum absolute atomic E-state index is 0.154. The Hall–Kier alpha value is -2.61. The Balaban J connectivity index is 2.01. The van der Waals surface area contributed by atoms with Gasteiger partial charge in [-0.1, -0.05) is 0 Å². The molecule has 1 amide bonds. The Labute approximate surface area is 150 Å². The third-order valence-corrected chi connectivity index (χ3v) is 3.54. The quantitative estimate of drug-likeness (QED) is 0.433. The Morgan fingerprint density at radius 2 is 1.92 bits per heavy atom. The highest BCUT2D eigenvalue weighted by Crippen LogP contribution is 2.22. The van der Waals surface area contributed by atoms with Crippen LogP contribution in [0.5, 0.6) is 5.75 Å². The fourth-order valence-electron chi connectivity index (χ4n) is 2.15. The van der Waals surface area contributed by atoms with Crippen molar-refractivity contribution >= 4 is 34.2 Å². The van der Waals surface area contributed by atoms with Gasteiger partial charge in [0.1, 0.15) is 11.3 Å². The van der Waals surface area contributed by atoms with Gasteiger partial charge < -0.3 is 14.5 Å². The van der Waals surface area contributed by atoms with Crippen LogP contribution in [0.2, 0.25) is 0 Å². The normalized spacial score (nSPS) is 11.9. The number of hydrogen-bond donors (Lipinski definition) is 3. The third-order valence-electron chi connectivity index (χ3n) is 3.32. The van der Waals surface area contributed by atoms with Gasteiger partial charge in [-0.25, -0.2) is 4.79 Å². The summed E-state index contributed by atoms with van der Waals surface area (Å²) >= 11 is 5.02. The molecule has 0 unspecified atom stereocenters. The van der Waals surface area contributed by atoms with Gasteiger partial charge in [-0.05, 0) is 57.6 Å². The molecule has 0 radical (unpaired) electrons. The van der Waals surface area contributed by atoms with Crippen LogP contribution in [0, 0.1) is 6.92 Å². The number of benzene rings is 1. The molecular formula is C17H21N3O4S. The molecule has 0 aliphatic rings. The summed E-state index contributed by atoms with van der Waals surface area (Å²) in [6.07, 6.45) is -0.775. The van der Waals surface area contributed by atoms with Gasteiger partial charge in [0.2, 0.25) is 0 Å². The zero-order valence-electron chi connectivity index (χ0n) is 14.5. The molecule has 1 aromatic heterocycles. The van der Waals surface area contributed by atoms with E-state index in [1.807, 2.05) is 20.8 Å². The van der Waals surface area contributed by atoms with E-state index in [2.05, 4.69) is 16.2 Å². The van der Waals surface area contributed by atoms with E-state index in [-0.39, 0.29) is 6.04 Å². The molecule has 2 aromatic rings. The lowest BCUT2D eigenvalue weighted by Gasteiger charge is -2.17. The van der Waals surface area contributed by atoms with Crippen molar-refractivity contribution in [2.75, 3.05) is 0 Å². The maximum atomic E-state index is 12.0. The zero-order valence-corrected chi connectivity index (χ0v) is 15.3. The highest BCUT2D eigenvalue weighted by molar-refractivity contribution is 7.80. The summed E-state index contributed by atoms with van der Waals surface area (Å²) in [6, 6.07) is 6.68. The lowest BCUT2D eigenvalue weighted by atomic mass is 10.1. The molecule has 8 heteroatoms. The van der Waals surface area contributed by atoms with Crippen molar-refractivity contribution in [2.45, 2.75) is 39.8 Å². The highest BCUT2D eigenvalue weighted by atomic mass is 32.1. The summed E-state index contributed by atoms with van der Waals surface area (Å²) in [7, 11) is 0. The van der Waals surface area contributed by atoms with Crippen molar-refractivity contribution in [3.8, 4) is 5.75 Å². The molecule has 0 bridgehead atoms. The maximum absolute atomic E-state index is 12.0. The number of amides is 1. The van der Waals surface area contributed by atoms with E-state index in [1.54, 1.807) is 25.1 Å². The molecule has 134 valence electrons. The van der Waals surface area contributed by atoms with E-state index in [4.69, 9.17) is 21.4 Å². The van der Waals surface area contributed by atoms with E-state index in [0.717, 1.165) is 10.9 Å². The van der Waals surface area contributed by atoms with Gasteiger partial charge in [-0.15, -0.1) is 0 Å². The van der Waals surface area contributed by atoms with Gasteiger partial charge in [0.25, 0.3) is 5.91 Å². The van der Waals surface area contributed by atoms with Crippen LogP contribution in [0.25, 0.3) is 11.0 Å². The number of hydrazine groups is 1. The fraction of sp³-hybridized carbons (Fsp3) is 0.353. The Bertz CT molecular complexity index is 847. The summed E-state index contributed by atoms with van der Waals surface area (Å²) in [5, 5.41) is 4.07. The standard InChI is InChI=1S/C17H21N3O4S/c1-9(2)18-17(25)20-19-16(22)11(4)23-12-5-6-13-10(3)7-15(21)24-14(13)8-12/h5-9,11H,1-4H3,(H,19,22)(H2,18,20,25)/t11-/m0/s1. The zero-order chi connectivity index (χ0) is 18.6. The second-order valence-corrected chi connectivity index (χ2v) is 6.32. The SMILES string of the molecule is Cc1cc(=O)oc2cc(O[C@@H](C)C(=O)NNC(=S)NC(C)C)ccc12. The summed E-state index contributed by atoms with van der Waals surface area (Å²) in [4.78, 5) is 23.5. The van der Waals surface area contributed by atoms with Crippen LogP contribution in [0.3, 0.4) is 0 Å². The molecule has 0 saturated heterocycles. The molecule has 7 nitrogen and oxygen atoms in total. The van der Waals surface area contributed by atoms with Crippen molar-refractivity contribution in [3.05, 3.63) is 40.2 Å². The van der Waals surface area contributed by atoms with Crippen molar-refractivity contribution < 1.29 is 13.9 Å². The largest absolute Gasteiger partial charge is 0.481 e. The monoisotopic (exact) mass is 363 g/mol. The average molecular weight is 363 g/mol. The summed E-state index contributed by atoms with van der Waals surface area (Å²) in [6.45, 7) is 7.30. The first-order chi connectivity index (χ1) is 11.8. The number of carbonyl (C=O) groups is 1. The smallest absolute Gasteiger partial charge is 0.336 e.